The zero-order valence-corrected chi connectivity index (χ0v) is 11.1. The summed E-state index contributed by atoms with van der Waals surface area (Å²) < 4.78 is 5.50. The summed E-state index contributed by atoms with van der Waals surface area (Å²) in [5.74, 6) is 0.814. The van der Waals surface area contributed by atoms with E-state index in [1.165, 1.54) is 0 Å². The van der Waals surface area contributed by atoms with Gasteiger partial charge in [-0.2, -0.15) is 0 Å². The number of nitrogens with two attached hydrogens (primary N) is 1. The number of pyridine rings is 1. The lowest BCUT2D eigenvalue weighted by Crippen LogP contribution is -2.50. The molecule has 1 fully saturated rings. The van der Waals surface area contributed by atoms with E-state index < -0.39 is 0 Å². The molecular weight excluding hydrogens is 250 g/mol. The molecule has 2 unspecified atom stereocenters. The van der Waals surface area contributed by atoms with Gasteiger partial charge in [-0.15, -0.1) is 0 Å². The first-order valence-corrected chi connectivity index (χ1v) is 6.27. The summed E-state index contributed by atoms with van der Waals surface area (Å²) in [4.78, 5) is 6.80. The van der Waals surface area contributed by atoms with Crippen LogP contribution in [-0.4, -0.2) is 47.0 Å². The van der Waals surface area contributed by atoms with Crippen molar-refractivity contribution in [3.8, 4) is 0 Å². The monoisotopic (exact) mass is 267 g/mol. The van der Waals surface area contributed by atoms with Crippen LogP contribution in [0.3, 0.4) is 0 Å². The van der Waals surface area contributed by atoms with E-state index in [-0.39, 0.29) is 18.8 Å². The van der Waals surface area contributed by atoms with Gasteiger partial charge in [0.05, 0.1) is 25.4 Å². The topological polar surface area (TPSA) is 71.6 Å². The third-order valence-corrected chi connectivity index (χ3v) is 3.27. The Morgan fingerprint density at radius 2 is 2.50 bits per heavy atom. The number of ether oxygens (including phenoxy) is 1. The number of anilines is 1. The quantitative estimate of drug-likeness (QED) is 0.768. The van der Waals surface area contributed by atoms with Crippen molar-refractivity contribution in [1.29, 1.82) is 0 Å². The fourth-order valence-electron chi connectivity index (χ4n) is 1.98. The van der Waals surface area contributed by atoms with Gasteiger partial charge in [0, 0.05) is 18.3 Å². The van der Waals surface area contributed by atoms with Gasteiger partial charge in [0.25, 0.3) is 0 Å². The zero-order valence-electron chi connectivity index (χ0n) is 10.2. The van der Waals surface area contributed by atoms with Gasteiger partial charge in [-0.1, -0.05) is 12.2 Å². The molecule has 0 saturated carbocycles. The molecular formula is C12H17N3O2S. The van der Waals surface area contributed by atoms with Crippen molar-refractivity contribution in [1.82, 2.24) is 4.98 Å². The molecule has 6 heteroatoms. The fraction of sp³-hybridized carbons (Fsp3) is 0.500. The first kappa shape index (κ1) is 13.2. The minimum absolute atomic E-state index is 0.0121. The number of morpholine rings is 1. The van der Waals surface area contributed by atoms with E-state index in [0.29, 0.717) is 18.1 Å². The van der Waals surface area contributed by atoms with Gasteiger partial charge in [-0.3, -0.25) is 0 Å². The summed E-state index contributed by atoms with van der Waals surface area (Å²) in [5, 5.41) is 9.17. The van der Waals surface area contributed by atoms with Crippen LogP contribution in [-0.2, 0) is 4.74 Å². The maximum atomic E-state index is 9.17. The minimum Gasteiger partial charge on any atom is -0.394 e. The van der Waals surface area contributed by atoms with Gasteiger partial charge < -0.3 is 20.5 Å². The average molecular weight is 267 g/mol. The van der Waals surface area contributed by atoms with E-state index in [4.69, 9.17) is 22.7 Å². The van der Waals surface area contributed by atoms with Crippen LogP contribution in [0.1, 0.15) is 12.5 Å². The predicted octanol–water partition coefficient (Wildman–Crippen LogP) is 0.302. The van der Waals surface area contributed by atoms with E-state index in [0.717, 1.165) is 11.4 Å². The van der Waals surface area contributed by atoms with Gasteiger partial charge >= 0.3 is 0 Å². The van der Waals surface area contributed by atoms with Gasteiger partial charge in [0.1, 0.15) is 10.8 Å². The fourth-order valence-corrected chi connectivity index (χ4v) is 2.10. The van der Waals surface area contributed by atoms with E-state index in [2.05, 4.69) is 16.8 Å². The first-order chi connectivity index (χ1) is 8.61. The molecule has 98 valence electrons. The van der Waals surface area contributed by atoms with E-state index >= 15 is 0 Å². The van der Waals surface area contributed by atoms with E-state index in [1.807, 2.05) is 6.07 Å². The lowest BCUT2D eigenvalue weighted by Gasteiger charge is -2.38. The average Bonchev–Trinajstić information content (AvgIpc) is 2.39. The number of aliphatic hydroxyl groups excluding tert-OH is 1. The number of hydrogen-bond acceptors (Lipinski definition) is 5. The Kier molecular flexibility index (Phi) is 4.11. The molecule has 1 aliphatic heterocycles. The van der Waals surface area contributed by atoms with Crippen LogP contribution < -0.4 is 10.6 Å². The molecule has 2 rings (SSSR count). The molecule has 1 aromatic rings. The molecule has 1 aliphatic rings. The Morgan fingerprint density at radius 1 is 1.72 bits per heavy atom. The molecule has 2 atom stereocenters. The Morgan fingerprint density at radius 3 is 3.17 bits per heavy atom. The summed E-state index contributed by atoms with van der Waals surface area (Å²) in [7, 11) is 0. The van der Waals surface area contributed by atoms with Crippen LogP contribution in [0.25, 0.3) is 0 Å². The normalized spacial score (nSPS) is 24.0. The van der Waals surface area contributed by atoms with Crippen molar-refractivity contribution < 1.29 is 9.84 Å². The maximum absolute atomic E-state index is 9.17. The van der Waals surface area contributed by atoms with E-state index in [9.17, 15) is 5.11 Å². The highest BCUT2D eigenvalue weighted by Crippen LogP contribution is 2.20. The predicted molar refractivity (Wildman–Crippen MR) is 73.8 cm³/mol. The number of nitrogens with zero attached hydrogens (tertiary/aromatic N) is 2. The molecule has 1 saturated heterocycles. The summed E-state index contributed by atoms with van der Waals surface area (Å²) in [6, 6.07) is 3.88. The molecule has 0 amide bonds. The smallest absolute Gasteiger partial charge is 0.129 e. The van der Waals surface area contributed by atoms with Gasteiger partial charge in [0.2, 0.25) is 0 Å². The standard InChI is InChI=1S/C12H17N3O2S/c1-8-7-17-10(6-16)5-15(8)11-4-9(12(13)18)2-3-14-11/h2-4,8,10,16H,5-7H2,1H3,(H2,13,18). The molecule has 18 heavy (non-hydrogen) atoms. The first-order valence-electron chi connectivity index (χ1n) is 5.86. The molecule has 0 radical (unpaired) electrons. The van der Waals surface area contributed by atoms with Gasteiger partial charge in [0.15, 0.2) is 0 Å². The van der Waals surface area contributed by atoms with Crippen LogP contribution in [0.5, 0.6) is 0 Å². The van der Waals surface area contributed by atoms with E-state index in [1.54, 1.807) is 12.3 Å². The van der Waals surface area contributed by atoms with Crippen LogP contribution in [0.2, 0.25) is 0 Å². The molecule has 0 aromatic carbocycles. The summed E-state index contributed by atoms with van der Waals surface area (Å²) in [6.07, 6.45) is 1.52. The molecule has 1 aromatic heterocycles. The second kappa shape index (κ2) is 5.60. The number of thiocarbonyl (C=S) groups is 1. The van der Waals surface area contributed by atoms with Gasteiger partial charge in [-0.25, -0.2) is 4.98 Å². The van der Waals surface area contributed by atoms with Crippen molar-refractivity contribution in [2.75, 3.05) is 24.7 Å². The largest absolute Gasteiger partial charge is 0.394 e. The highest BCUT2D eigenvalue weighted by molar-refractivity contribution is 7.80. The van der Waals surface area contributed by atoms with Crippen molar-refractivity contribution in [3.63, 3.8) is 0 Å². The number of rotatable bonds is 3. The minimum atomic E-state index is -0.170. The second-order valence-corrected chi connectivity index (χ2v) is 4.85. The van der Waals surface area contributed by atoms with Crippen molar-refractivity contribution in [2.45, 2.75) is 19.1 Å². The SMILES string of the molecule is CC1COC(CO)CN1c1cc(C(N)=S)ccn1. The summed E-state index contributed by atoms with van der Waals surface area (Å²) in [6.45, 7) is 3.26. The third-order valence-electron chi connectivity index (χ3n) is 3.03. The molecule has 5 nitrogen and oxygen atoms in total. The van der Waals surface area contributed by atoms with Crippen molar-refractivity contribution in [3.05, 3.63) is 23.9 Å². The molecule has 2 heterocycles. The van der Waals surface area contributed by atoms with Crippen LogP contribution in [0.15, 0.2) is 18.3 Å². The lowest BCUT2D eigenvalue weighted by atomic mass is 10.2. The molecule has 0 aliphatic carbocycles. The molecule has 0 bridgehead atoms. The number of hydrogen-bond donors (Lipinski definition) is 2. The van der Waals surface area contributed by atoms with Gasteiger partial charge in [-0.05, 0) is 19.1 Å². The van der Waals surface area contributed by atoms with Crippen LogP contribution in [0, 0.1) is 0 Å². The lowest BCUT2D eigenvalue weighted by molar-refractivity contribution is -0.0105. The van der Waals surface area contributed by atoms with Crippen molar-refractivity contribution in [2.24, 2.45) is 5.73 Å². The zero-order chi connectivity index (χ0) is 13.1. The Balaban J connectivity index is 2.23. The second-order valence-electron chi connectivity index (χ2n) is 4.41. The summed E-state index contributed by atoms with van der Waals surface area (Å²) >= 11 is 4.97. The molecule has 3 N–H and O–H groups in total. The summed E-state index contributed by atoms with van der Waals surface area (Å²) in [5.41, 5.74) is 6.42. The molecule has 0 spiro atoms. The highest BCUT2D eigenvalue weighted by atomic mass is 32.1. The number of aliphatic hydroxyl groups is 1. The Bertz CT molecular complexity index is 441. The van der Waals surface area contributed by atoms with Crippen molar-refractivity contribution >= 4 is 23.0 Å². The van der Waals surface area contributed by atoms with Crippen LogP contribution in [0.4, 0.5) is 5.82 Å². The number of aromatic nitrogens is 1. The maximum Gasteiger partial charge on any atom is 0.129 e. The highest BCUT2D eigenvalue weighted by Gasteiger charge is 2.26. The Hall–Kier alpha value is -1.24. The third kappa shape index (κ3) is 2.77. The Labute approximate surface area is 112 Å². The van der Waals surface area contributed by atoms with Crippen LogP contribution >= 0.6 is 12.2 Å².